The fraction of sp³-hybridized carbons (Fsp3) is 0. The molecule has 0 unspecified atom stereocenters. The minimum absolute atomic E-state index is 0.194. The maximum Gasteiger partial charge on any atom is 0.283 e. The van der Waals surface area contributed by atoms with Crippen LogP contribution in [0.15, 0.2) is 79.0 Å². The number of para-hydroxylation sites is 2. The van der Waals surface area contributed by atoms with Crippen LogP contribution >= 0.6 is 11.3 Å². The van der Waals surface area contributed by atoms with Crippen molar-refractivity contribution < 1.29 is 4.79 Å². The van der Waals surface area contributed by atoms with Crippen molar-refractivity contribution >= 4 is 38.3 Å². The van der Waals surface area contributed by atoms with E-state index in [1.807, 2.05) is 60.7 Å². The summed E-state index contributed by atoms with van der Waals surface area (Å²) in [5, 5.41) is 0.637. The Bertz CT molecular complexity index is 950. The molecule has 0 aliphatic rings. The monoisotopic (exact) mass is 331 g/mol. The van der Waals surface area contributed by atoms with Gasteiger partial charge in [0, 0.05) is 6.20 Å². The number of hydrogen-bond acceptors (Lipinski definition) is 4. The topological polar surface area (TPSA) is 46.1 Å². The van der Waals surface area contributed by atoms with Gasteiger partial charge in [0.25, 0.3) is 5.91 Å². The second-order valence-electron chi connectivity index (χ2n) is 5.16. The van der Waals surface area contributed by atoms with Crippen LogP contribution in [0.2, 0.25) is 0 Å². The number of nitrogens with zero attached hydrogens (tertiary/aromatic N) is 3. The van der Waals surface area contributed by atoms with Gasteiger partial charge in [-0.3, -0.25) is 14.7 Å². The maximum absolute atomic E-state index is 13.1. The van der Waals surface area contributed by atoms with Crippen molar-refractivity contribution in [1.29, 1.82) is 0 Å². The molecule has 4 nitrogen and oxygen atoms in total. The maximum atomic E-state index is 13.1. The van der Waals surface area contributed by atoms with Crippen LogP contribution in [0.4, 0.5) is 10.8 Å². The summed E-state index contributed by atoms with van der Waals surface area (Å²) in [6.45, 7) is 0. The van der Waals surface area contributed by atoms with E-state index in [-0.39, 0.29) is 5.91 Å². The van der Waals surface area contributed by atoms with Gasteiger partial charge in [0.05, 0.1) is 15.9 Å². The zero-order valence-electron chi connectivity index (χ0n) is 12.7. The molecule has 0 fully saturated rings. The third kappa shape index (κ3) is 2.66. The molecule has 1 amide bonds. The Kier molecular flexibility index (Phi) is 3.76. The second-order valence-corrected chi connectivity index (χ2v) is 6.16. The number of aromatic nitrogens is 2. The highest BCUT2D eigenvalue weighted by Crippen LogP contribution is 2.34. The Hall–Kier alpha value is -3.05. The van der Waals surface area contributed by atoms with Crippen molar-refractivity contribution in [1.82, 2.24) is 9.97 Å². The molecule has 116 valence electrons. The lowest BCUT2D eigenvalue weighted by Gasteiger charge is -2.19. The summed E-state index contributed by atoms with van der Waals surface area (Å²) in [5.74, 6) is -0.194. The molecular weight excluding hydrogens is 318 g/mol. The van der Waals surface area contributed by atoms with Crippen molar-refractivity contribution in [3.63, 3.8) is 0 Å². The molecular formula is C19H13N3OS. The smallest absolute Gasteiger partial charge is 0.266 e. The van der Waals surface area contributed by atoms with Crippen LogP contribution in [-0.4, -0.2) is 15.9 Å². The number of amides is 1. The first-order chi connectivity index (χ1) is 11.8. The fourth-order valence-corrected chi connectivity index (χ4v) is 3.44. The van der Waals surface area contributed by atoms with E-state index in [0.29, 0.717) is 10.8 Å². The Morgan fingerprint density at radius 1 is 0.875 bits per heavy atom. The number of hydrogen-bond donors (Lipinski definition) is 0. The summed E-state index contributed by atoms with van der Waals surface area (Å²) in [6, 6.07) is 22.7. The van der Waals surface area contributed by atoms with Gasteiger partial charge < -0.3 is 0 Å². The molecule has 0 aliphatic heterocycles. The summed E-state index contributed by atoms with van der Waals surface area (Å²) in [5.41, 5.74) is 2.04. The van der Waals surface area contributed by atoms with Gasteiger partial charge in [0.15, 0.2) is 5.13 Å². The Morgan fingerprint density at radius 2 is 1.62 bits per heavy atom. The number of carbonyl (C=O) groups is 1. The number of rotatable bonds is 3. The zero-order chi connectivity index (χ0) is 16.4. The van der Waals surface area contributed by atoms with Gasteiger partial charge in [0.1, 0.15) is 5.69 Å². The molecule has 0 N–H and O–H groups in total. The molecule has 0 bridgehead atoms. The number of anilines is 2. The van der Waals surface area contributed by atoms with Gasteiger partial charge in [-0.2, -0.15) is 0 Å². The summed E-state index contributed by atoms with van der Waals surface area (Å²) in [4.78, 5) is 23.5. The number of thiazole rings is 1. The average molecular weight is 331 g/mol. The SMILES string of the molecule is O=C(c1ccccn1)N(c1ccccc1)c1nc2ccccc2s1. The van der Waals surface area contributed by atoms with Crippen LogP contribution in [0.1, 0.15) is 10.5 Å². The van der Waals surface area contributed by atoms with Crippen molar-refractivity contribution in [2.75, 3.05) is 4.90 Å². The van der Waals surface area contributed by atoms with Crippen molar-refractivity contribution in [3.8, 4) is 0 Å². The number of fused-ring (bicyclic) bond motifs is 1. The Labute approximate surface area is 143 Å². The Balaban J connectivity index is 1.86. The van der Waals surface area contributed by atoms with Crippen molar-refractivity contribution in [2.24, 2.45) is 0 Å². The van der Waals surface area contributed by atoms with E-state index in [4.69, 9.17) is 0 Å². The highest BCUT2D eigenvalue weighted by atomic mass is 32.1. The van der Waals surface area contributed by atoms with Gasteiger partial charge in [0.2, 0.25) is 0 Å². The molecule has 5 heteroatoms. The molecule has 4 rings (SSSR count). The van der Waals surface area contributed by atoms with Gasteiger partial charge in [-0.15, -0.1) is 0 Å². The molecule has 2 heterocycles. The molecule has 0 radical (unpaired) electrons. The average Bonchev–Trinajstić information content (AvgIpc) is 3.07. The number of pyridine rings is 1. The van der Waals surface area contributed by atoms with Crippen molar-refractivity contribution in [2.45, 2.75) is 0 Å². The zero-order valence-corrected chi connectivity index (χ0v) is 13.5. The summed E-state index contributed by atoms with van der Waals surface area (Å²) >= 11 is 1.49. The fourth-order valence-electron chi connectivity index (χ4n) is 2.45. The first-order valence-electron chi connectivity index (χ1n) is 7.49. The van der Waals surface area contributed by atoms with Gasteiger partial charge in [-0.05, 0) is 36.4 Å². The third-order valence-corrected chi connectivity index (χ3v) is 4.60. The molecule has 0 saturated carbocycles. The molecule has 4 aromatic rings. The van der Waals surface area contributed by atoms with E-state index in [1.54, 1.807) is 23.2 Å². The minimum Gasteiger partial charge on any atom is -0.266 e. The van der Waals surface area contributed by atoms with E-state index in [2.05, 4.69) is 9.97 Å². The van der Waals surface area contributed by atoms with Crippen LogP contribution in [0.25, 0.3) is 10.2 Å². The van der Waals surface area contributed by atoms with Crippen LogP contribution < -0.4 is 4.90 Å². The van der Waals surface area contributed by atoms with Gasteiger partial charge >= 0.3 is 0 Å². The van der Waals surface area contributed by atoms with Crippen LogP contribution in [0.3, 0.4) is 0 Å². The van der Waals surface area contributed by atoms with E-state index < -0.39 is 0 Å². The molecule has 24 heavy (non-hydrogen) atoms. The predicted octanol–water partition coefficient (Wildman–Crippen LogP) is 4.67. The normalized spacial score (nSPS) is 10.7. The Morgan fingerprint density at radius 3 is 2.38 bits per heavy atom. The third-order valence-electron chi connectivity index (χ3n) is 3.58. The summed E-state index contributed by atoms with van der Waals surface area (Å²) < 4.78 is 1.04. The number of benzene rings is 2. The molecule has 0 saturated heterocycles. The van der Waals surface area contributed by atoms with Crippen molar-refractivity contribution in [3.05, 3.63) is 84.7 Å². The quantitative estimate of drug-likeness (QED) is 0.548. The van der Waals surface area contributed by atoms with E-state index in [0.717, 1.165) is 15.9 Å². The molecule has 0 aliphatic carbocycles. The van der Waals surface area contributed by atoms with Crippen LogP contribution in [0.5, 0.6) is 0 Å². The highest BCUT2D eigenvalue weighted by molar-refractivity contribution is 7.22. The lowest BCUT2D eigenvalue weighted by molar-refractivity contribution is 0.0994. The first-order valence-corrected chi connectivity index (χ1v) is 8.31. The number of carbonyl (C=O) groups excluding carboxylic acids is 1. The lowest BCUT2D eigenvalue weighted by Crippen LogP contribution is -2.26. The van der Waals surface area contributed by atoms with E-state index in [1.165, 1.54) is 11.3 Å². The molecule has 0 spiro atoms. The molecule has 2 aromatic carbocycles. The summed E-state index contributed by atoms with van der Waals surface area (Å²) in [6.07, 6.45) is 1.62. The van der Waals surface area contributed by atoms with E-state index >= 15 is 0 Å². The highest BCUT2D eigenvalue weighted by Gasteiger charge is 2.23. The van der Waals surface area contributed by atoms with Gasteiger partial charge in [-0.1, -0.05) is 47.7 Å². The van der Waals surface area contributed by atoms with Crippen LogP contribution in [-0.2, 0) is 0 Å². The van der Waals surface area contributed by atoms with E-state index in [9.17, 15) is 4.79 Å². The molecule has 0 atom stereocenters. The summed E-state index contributed by atoms with van der Waals surface area (Å²) in [7, 11) is 0. The largest absolute Gasteiger partial charge is 0.283 e. The lowest BCUT2D eigenvalue weighted by atomic mass is 10.2. The molecule has 2 aromatic heterocycles. The standard InChI is InChI=1S/C19H13N3OS/c23-18(16-11-6-7-13-20-16)22(14-8-2-1-3-9-14)19-21-15-10-4-5-12-17(15)24-19/h1-13H. The second kappa shape index (κ2) is 6.22. The van der Waals surface area contributed by atoms with Crippen LogP contribution in [0, 0.1) is 0 Å². The first kappa shape index (κ1) is 14.5. The predicted molar refractivity (Wildman–Crippen MR) is 96.8 cm³/mol. The minimum atomic E-state index is -0.194. The van der Waals surface area contributed by atoms with Gasteiger partial charge in [-0.25, -0.2) is 4.98 Å².